The number of ether oxygens (including phenoxy) is 1. The van der Waals surface area contributed by atoms with Gasteiger partial charge in [-0.2, -0.15) is 0 Å². The monoisotopic (exact) mass is 323 g/mol. The quantitative estimate of drug-likeness (QED) is 0.790. The van der Waals surface area contributed by atoms with Crippen LogP contribution in [0.1, 0.15) is 43.0 Å². The minimum atomic E-state index is -0.0212. The fourth-order valence-electron chi connectivity index (χ4n) is 3.57. The van der Waals surface area contributed by atoms with Gasteiger partial charge in [-0.1, -0.05) is 60.7 Å². The van der Waals surface area contributed by atoms with E-state index in [-0.39, 0.29) is 24.0 Å². The summed E-state index contributed by atoms with van der Waals surface area (Å²) in [4.78, 5) is 14.9. The van der Waals surface area contributed by atoms with Crippen LogP contribution in [0.4, 0.5) is 0 Å². The normalized spacial score (nSPS) is 20.2. The van der Waals surface area contributed by atoms with Crippen molar-refractivity contribution in [2.45, 2.75) is 31.9 Å². The number of methoxy groups -OCH3 is 1. The first-order chi connectivity index (χ1) is 11.7. The highest BCUT2D eigenvalue weighted by molar-refractivity contribution is 5.81. The third-order valence-corrected chi connectivity index (χ3v) is 5.05. The highest BCUT2D eigenvalue weighted by Crippen LogP contribution is 2.34. The summed E-state index contributed by atoms with van der Waals surface area (Å²) >= 11 is 0. The van der Waals surface area contributed by atoms with E-state index in [4.69, 9.17) is 4.74 Å². The highest BCUT2D eigenvalue weighted by atomic mass is 16.5. The SMILES string of the molecule is CO[C@H](C[C@H]1CCN([C@@H](C)c2ccccc2)C1=O)c1ccccc1. The zero-order chi connectivity index (χ0) is 16.9. The molecule has 0 radical (unpaired) electrons. The zero-order valence-electron chi connectivity index (χ0n) is 14.4. The predicted octanol–water partition coefficient (Wildman–Crippen LogP) is 4.37. The third kappa shape index (κ3) is 3.51. The van der Waals surface area contributed by atoms with Gasteiger partial charge in [0.15, 0.2) is 0 Å². The second-order valence-electron chi connectivity index (χ2n) is 6.47. The standard InChI is InChI=1S/C21H25NO2/c1-16(17-9-5-3-6-10-17)22-14-13-19(21(22)23)15-20(24-2)18-11-7-4-8-12-18/h3-12,16,19-20H,13-15H2,1-2H3/t16-,19+,20+/m0/s1. The second kappa shape index (κ2) is 7.63. The van der Waals surface area contributed by atoms with Crippen molar-refractivity contribution in [3.8, 4) is 0 Å². The summed E-state index contributed by atoms with van der Waals surface area (Å²) < 4.78 is 5.66. The predicted molar refractivity (Wildman–Crippen MR) is 95.5 cm³/mol. The summed E-state index contributed by atoms with van der Waals surface area (Å²) in [5.74, 6) is 0.297. The van der Waals surface area contributed by atoms with Gasteiger partial charge in [0.25, 0.3) is 0 Å². The molecule has 0 aliphatic carbocycles. The summed E-state index contributed by atoms with van der Waals surface area (Å²) in [6.45, 7) is 2.94. The minimum Gasteiger partial charge on any atom is -0.377 e. The second-order valence-corrected chi connectivity index (χ2v) is 6.47. The van der Waals surface area contributed by atoms with Crippen molar-refractivity contribution in [1.29, 1.82) is 0 Å². The molecule has 1 amide bonds. The molecule has 2 aromatic carbocycles. The number of amides is 1. The summed E-state index contributed by atoms with van der Waals surface area (Å²) in [6, 6.07) is 20.5. The summed E-state index contributed by atoms with van der Waals surface area (Å²) in [7, 11) is 1.72. The molecule has 3 heteroatoms. The molecule has 1 fully saturated rings. The number of carbonyl (C=O) groups excluding carboxylic acids is 1. The molecule has 0 bridgehead atoms. The number of hydrogen-bond donors (Lipinski definition) is 0. The Morgan fingerprint density at radius 1 is 1.04 bits per heavy atom. The van der Waals surface area contributed by atoms with Crippen molar-refractivity contribution in [1.82, 2.24) is 4.90 Å². The van der Waals surface area contributed by atoms with Gasteiger partial charge in [-0.15, -0.1) is 0 Å². The molecule has 3 atom stereocenters. The smallest absolute Gasteiger partial charge is 0.226 e. The van der Waals surface area contributed by atoms with E-state index < -0.39 is 0 Å². The van der Waals surface area contributed by atoms with Crippen LogP contribution >= 0.6 is 0 Å². The average Bonchev–Trinajstić information content (AvgIpc) is 3.01. The van der Waals surface area contributed by atoms with E-state index >= 15 is 0 Å². The van der Waals surface area contributed by atoms with Crippen LogP contribution in [0.2, 0.25) is 0 Å². The first-order valence-electron chi connectivity index (χ1n) is 8.64. The van der Waals surface area contributed by atoms with E-state index in [1.807, 2.05) is 41.3 Å². The summed E-state index contributed by atoms with van der Waals surface area (Å²) in [6.07, 6.45) is 1.63. The van der Waals surface area contributed by atoms with Gasteiger partial charge in [0.05, 0.1) is 12.1 Å². The molecule has 2 aromatic rings. The van der Waals surface area contributed by atoms with E-state index in [1.54, 1.807) is 7.11 Å². The van der Waals surface area contributed by atoms with E-state index in [9.17, 15) is 4.79 Å². The topological polar surface area (TPSA) is 29.5 Å². The van der Waals surface area contributed by atoms with Crippen LogP contribution in [0.5, 0.6) is 0 Å². The number of hydrogen-bond acceptors (Lipinski definition) is 2. The van der Waals surface area contributed by atoms with Gasteiger partial charge in [0.1, 0.15) is 0 Å². The number of benzene rings is 2. The van der Waals surface area contributed by atoms with Crippen molar-refractivity contribution in [2.75, 3.05) is 13.7 Å². The van der Waals surface area contributed by atoms with Crippen molar-refractivity contribution in [3.63, 3.8) is 0 Å². The highest BCUT2D eigenvalue weighted by Gasteiger charge is 2.36. The van der Waals surface area contributed by atoms with Crippen LogP contribution in [0.3, 0.4) is 0 Å². The lowest BCUT2D eigenvalue weighted by Crippen LogP contribution is -2.30. The molecule has 3 rings (SSSR count). The maximum Gasteiger partial charge on any atom is 0.226 e. The van der Waals surface area contributed by atoms with Crippen molar-refractivity contribution < 1.29 is 9.53 Å². The van der Waals surface area contributed by atoms with Gasteiger partial charge in [0, 0.05) is 19.6 Å². The first-order valence-corrected chi connectivity index (χ1v) is 8.64. The molecule has 0 unspecified atom stereocenters. The van der Waals surface area contributed by atoms with E-state index in [0.29, 0.717) is 0 Å². The lowest BCUT2D eigenvalue weighted by atomic mass is 9.95. The fourth-order valence-corrected chi connectivity index (χ4v) is 3.57. The van der Waals surface area contributed by atoms with Gasteiger partial charge >= 0.3 is 0 Å². The molecule has 3 nitrogen and oxygen atoms in total. The number of carbonyl (C=O) groups is 1. The maximum atomic E-state index is 12.9. The Balaban J connectivity index is 1.68. The Morgan fingerprint density at radius 3 is 2.21 bits per heavy atom. The van der Waals surface area contributed by atoms with Crippen LogP contribution in [0.15, 0.2) is 60.7 Å². The lowest BCUT2D eigenvalue weighted by molar-refractivity contribution is -0.133. The molecule has 0 N–H and O–H groups in total. The first kappa shape index (κ1) is 16.7. The summed E-state index contributed by atoms with van der Waals surface area (Å²) in [5, 5.41) is 0. The Morgan fingerprint density at radius 2 is 1.62 bits per heavy atom. The van der Waals surface area contributed by atoms with Gasteiger partial charge in [-0.05, 0) is 30.9 Å². The van der Waals surface area contributed by atoms with E-state index in [0.717, 1.165) is 24.9 Å². The largest absolute Gasteiger partial charge is 0.377 e. The molecule has 1 aliphatic heterocycles. The maximum absolute atomic E-state index is 12.9. The Kier molecular flexibility index (Phi) is 5.31. The van der Waals surface area contributed by atoms with Crippen LogP contribution in [-0.2, 0) is 9.53 Å². The molecule has 1 heterocycles. The molecule has 0 spiro atoms. The molecule has 1 saturated heterocycles. The molecule has 24 heavy (non-hydrogen) atoms. The van der Waals surface area contributed by atoms with Gasteiger partial charge in [0.2, 0.25) is 5.91 Å². The third-order valence-electron chi connectivity index (χ3n) is 5.05. The fraction of sp³-hybridized carbons (Fsp3) is 0.381. The van der Waals surface area contributed by atoms with Gasteiger partial charge in [-0.3, -0.25) is 4.79 Å². The molecular formula is C21H25NO2. The van der Waals surface area contributed by atoms with Crippen molar-refractivity contribution >= 4 is 5.91 Å². The van der Waals surface area contributed by atoms with Gasteiger partial charge in [-0.25, -0.2) is 0 Å². The number of likely N-dealkylation sites (tertiary alicyclic amines) is 1. The molecular weight excluding hydrogens is 298 g/mol. The van der Waals surface area contributed by atoms with Crippen LogP contribution in [0.25, 0.3) is 0 Å². The lowest BCUT2D eigenvalue weighted by Gasteiger charge is -2.26. The molecule has 126 valence electrons. The number of rotatable bonds is 6. The Bertz CT molecular complexity index is 656. The molecule has 0 aromatic heterocycles. The average molecular weight is 323 g/mol. The van der Waals surface area contributed by atoms with Crippen LogP contribution in [0, 0.1) is 5.92 Å². The van der Waals surface area contributed by atoms with Crippen LogP contribution < -0.4 is 0 Å². The molecule has 1 aliphatic rings. The summed E-state index contributed by atoms with van der Waals surface area (Å²) in [5.41, 5.74) is 2.33. The molecule has 0 saturated carbocycles. The van der Waals surface area contributed by atoms with Crippen molar-refractivity contribution in [3.05, 3.63) is 71.8 Å². The Hall–Kier alpha value is -2.13. The van der Waals surface area contributed by atoms with E-state index in [2.05, 4.69) is 31.2 Å². The zero-order valence-corrected chi connectivity index (χ0v) is 14.4. The van der Waals surface area contributed by atoms with Crippen molar-refractivity contribution in [2.24, 2.45) is 5.92 Å². The number of nitrogens with zero attached hydrogens (tertiary/aromatic N) is 1. The van der Waals surface area contributed by atoms with E-state index in [1.165, 1.54) is 5.56 Å². The van der Waals surface area contributed by atoms with Gasteiger partial charge < -0.3 is 9.64 Å². The van der Waals surface area contributed by atoms with Crippen LogP contribution in [-0.4, -0.2) is 24.5 Å². The Labute approximate surface area is 144 Å². The minimum absolute atomic E-state index is 0.0212.